The Balaban J connectivity index is 2.09. The van der Waals surface area contributed by atoms with Crippen LogP contribution in [-0.2, 0) is 11.2 Å². The van der Waals surface area contributed by atoms with E-state index in [9.17, 15) is 0 Å². The fraction of sp³-hybridized carbons (Fsp3) is 0.625. The lowest BCUT2D eigenvalue weighted by atomic mass is 9.81. The van der Waals surface area contributed by atoms with Crippen LogP contribution in [0.15, 0.2) is 22.7 Å². The molecule has 2 rings (SSSR count). The van der Waals surface area contributed by atoms with E-state index in [-0.39, 0.29) is 12.1 Å². The molecule has 118 valence electrons. The van der Waals surface area contributed by atoms with Gasteiger partial charge in [0.1, 0.15) is 0 Å². The summed E-state index contributed by atoms with van der Waals surface area (Å²) in [5.74, 6) is 6.38. The van der Waals surface area contributed by atoms with Crippen LogP contribution in [0.4, 0.5) is 0 Å². The Kier molecular flexibility index (Phi) is 6.96. The Morgan fingerprint density at radius 3 is 2.67 bits per heavy atom. The van der Waals surface area contributed by atoms with Gasteiger partial charge in [0.2, 0.25) is 0 Å². The fourth-order valence-corrected chi connectivity index (χ4v) is 4.09. The number of methoxy groups -OCH3 is 1. The Morgan fingerprint density at radius 1 is 1.38 bits per heavy atom. The molecule has 0 saturated heterocycles. The fourth-order valence-electron chi connectivity index (χ4n) is 3.34. The Labute approximate surface area is 140 Å². The van der Waals surface area contributed by atoms with Crippen molar-refractivity contribution in [2.75, 3.05) is 7.11 Å². The quantitative estimate of drug-likeness (QED) is 0.582. The zero-order valence-electron chi connectivity index (χ0n) is 12.4. The van der Waals surface area contributed by atoms with Crippen molar-refractivity contribution in [3.8, 4) is 0 Å². The molecule has 21 heavy (non-hydrogen) atoms. The van der Waals surface area contributed by atoms with Crippen molar-refractivity contribution in [2.24, 2.45) is 11.8 Å². The number of rotatable bonds is 6. The van der Waals surface area contributed by atoms with Gasteiger partial charge >= 0.3 is 0 Å². The average Bonchev–Trinajstić information content (AvgIpc) is 2.50. The van der Waals surface area contributed by atoms with Crippen LogP contribution in [0.2, 0.25) is 5.02 Å². The van der Waals surface area contributed by atoms with E-state index < -0.39 is 0 Å². The number of benzene rings is 1. The maximum Gasteiger partial charge on any atom is 0.0769 e. The van der Waals surface area contributed by atoms with Gasteiger partial charge in [-0.1, -0.05) is 52.9 Å². The molecule has 0 radical (unpaired) electrons. The van der Waals surface area contributed by atoms with Crippen LogP contribution < -0.4 is 11.3 Å². The van der Waals surface area contributed by atoms with Crippen molar-refractivity contribution in [2.45, 2.75) is 50.7 Å². The molecule has 0 spiro atoms. The number of hydrazine groups is 1. The van der Waals surface area contributed by atoms with Crippen molar-refractivity contribution in [1.29, 1.82) is 0 Å². The van der Waals surface area contributed by atoms with Crippen molar-refractivity contribution in [3.05, 3.63) is 33.3 Å². The Morgan fingerprint density at radius 2 is 2.10 bits per heavy atom. The highest BCUT2D eigenvalue weighted by atomic mass is 79.9. The molecule has 1 fully saturated rings. The summed E-state index contributed by atoms with van der Waals surface area (Å²) in [5.41, 5.74) is 4.04. The van der Waals surface area contributed by atoms with Gasteiger partial charge < -0.3 is 4.74 Å². The third-order valence-corrected chi connectivity index (χ3v) is 5.30. The van der Waals surface area contributed by atoms with Gasteiger partial charge in [0.05, 0.1) is 12.1 Å². The molecule has 1 aliphatic carbocycles. The molecule has 0 aromatic heterocycles. The number of nitrogens with two attached hydrogens (primary N) is 1. The zero-order valence-corrected chi connectivity index (χ0v) is 14.8. The van der Waals surface area contributed by atoms with Crippen molar-refractivity contribution in [3.63, 3.8) is 0 Å². The highest BCUT2D eigenvalue weighted by Crippen LogP contribution is 2.31. The lowest BCUT2D eigenvalue weighted by molar-refractivity contribution is 0.00828. The molecule has 0 bridgehead atoms. The number of hydrogen-bond acceptors (Lipinski definition) is 3. The highest BCUT2D eigenvalue weighted by molar-refractivity contribution is 9.10. The van der Waals surface area contributed by atoms with Gasteiger partial charge in [-0.3, -0.25) is 11.3 Å². The summed E-state index contributed by atoms with van der Waals surface area (Å²) in [7, 11) is 1.78. The third kappa shape index (κ3) is 4.67. The molecule has 3 N–H and O–H groups in total. The van der Waals surface area contributed by atoms with Crippen molar-refractivity contribution < 1.29 is 4.74 Å². The molecule has 2 atom stereocenters. The van der Waals surface area contributed by atoms with Crippen LogP contribution in [0.3, 0.4) is 0 Å². The minimum absolute atomic E-state index is 0.0803. The average molecular weight is 376 g/mol. The summed E-state index contributed by atoms with van der Waals surface area (Å²) >= 11 is 9.76. The summed E-state index contributed by atoms with van der Waals surface area (Å²) in [6, 6.07) is 6.06. The van der Waals surface area contributed by atoms with E-state index in [1.165, 1.54) is 32.1 Å². The maximum absolute atomic E-state index is 6.32. The zero-order chi connectivity index (χ0) is 15.2. The van der Waals surface area contributed by atoms with Crippen LogP contribution >= 0.6 is 27.5 Å². The van der Waals surface area contributed by atoms with E-state index >= 15 is 0 Å². The van der Waals surface area contributed by atoms with Gasteiger partial charge in [-0.2, -0.15) is 0 Å². The Hall–Kier alpha value is -0.130. The molecule has 1 aromatic rings. The first-order valence-electron chi connectivity index (χ1n) is 7.58. The van der Waals surface area contributed by atoms with Gasteiger partial charge in [-0.15, -0.1) is 0 Å². The van der Waals surface area contributed by atoms with E-state index in [0.717, 1.165) is 21.5 Å². The molecule has 1 aliphatic rings. The molecule has 3 nitrogen and oxygen atoms in total. The Bertz CT molecular complexity index is 452. The van der Waals surface area contributed by atoms with E-state index in [2.05, 4.69) is 21.4 Å². The lowest BCUT2D eigenvalue weighted by Gasteiger charge is -2.34. The van der Waals surface area contributed by atoms with Gasteiger partial charge in [0.25, 0.3) is 0 Å². The predicted octanol–water partition coefficient (Wildman–Crippen LogP) is 4.07. The standard InChI is InChI=1S/C16H24BrClN2O/c1-21-16(11-5-3-2-4-6-11)15(20-19)9-12-7-8-13(17)10-14(12)18/h7-8,10-11,15-16,20H,2-6,9,19H2,1H3. The maximum atomic E-state index is 6.32. The van der Waals surface area contributed by atoms with Crippen LogP contribution in [0.5, 0.6) is 0 Å². The smallest absolute Gasteiger partial charge is 0.0769 e. The summed E-state index contributed by atoms with van der Waals surface area (Å²) in [6.07, 6.45) is 7.29. The molecule has 0 aliphatic heterocycles. The number of nitrogens with one attached hydrogen (secondary N) is 1. The largest absolute Gasteiger partial charge is 0.379 e. The minimum Gasteiger partial charge on any atom is -0.379 e. The van der Waals surface area contributed by atoms with Gasteiger partial charge in [-0.25, -0.2) is 0 Å². The first-order chi connectivity index (χ1) is 10.2. The SMILES string of the molecule is COC(C1CCCCC1)C(Cc1ccc(Br)cc1Cl)NN. The molecular formula is C16H24BrClN2O. The monoisotopic (exact) mass is 374 g/mol. The number of ether oxygens (including phenoxy) is 1. The van der Waals surface area contributed by atoms with Crippen LogP contribution in [0, 0.1) is 5.92 Å². The summed E-state index contributed by atoms with van der Waals surface area (Å²) < 4.78 is 6.77. The molecule has 0 amide bonds. The van der Waals surface area contributed by atoms with E-state index in [1.807, 2.05) is 18.2 Å². The summed E-state index contributed by atoms with van der Waals surface area (Å²) in [5, 5.41) is 0.767. The van der Waals surface area contributed by atoms with Crippen LogP contribution in [-0.4, -0.2) is 19.3 Å². The van der Waals surface area contributed by atoms with E-state index in [0.29, 0.717) is 5.92 Å². The van der Waals surface area contributed by atoms with Crippen LogP contribution in [0.25, 0.3) is 0 Å². The van der Waals surface area contributed by atoms with Crippen molar-refractivity contribution >= 4 is 27.5 Å². The normalized spacial score (nSPS) is 19.4. The number of halogens is 2. The van der Waals surface area contributed by atoms with E-state index in [4.69, 9.17) is 22.2 Å². The van der Waals surface area contributed by atoms with Crippen molar-refractivity contribution in [1.82, 2.24) is 5.43 Å². The second-order valence-corrected chi connectivity index (χ2v) is 7.13. The predicted molar refractivity (Wildman–Crippen MR) is 91.3 cm³/mol. The second-order valence-electron chi connectivity index (χ2n) is 5.81. The molecule has 1 saturated carbocycles. The first kappa shape index (κ1) is 17.2. The first-order valence-corrected chi connectivity index (χ1v) is 8.75. The third-order valence-electron chi connectivity index (χ3n) is 4.45. The number of hydrogen-bond donors (Lipinski definition) is 2. The molecular weight excluding hydrogens is 352 g/mol. The van der Waals surface area contributed by atoms with Crippen LogP contribution in [0.1, 0.15) is 37.7 Å². The molecule has 5 heteroatoms. The topological polar surface area (TPSA) is 47.3 Å². The van der Waals surface area contributed by atoms with Gasteiger partial charge in [-0.05, 0) is 42.9 Å². The second kappa shape index (κ2) is 8.49. The summed E-state index contributed by atoms with van der Waals surface area (Å²) in [6.45, 7) is 0. The molecule has 0 heterocycles. The minimum atomic E-state index is 0.0803. The highest BCUT2D eigenvalue weighted by Gasteiger charge is 2.30. The molecule has 1 aromatic carbocycles. The van der Waals surface area contributed by atoms with E-state index in [1.54, 1.807) is 7.11 Å². The molecule has 2 unspecified atom stereocenters. The van der Waals surface area contributed by atoms with Gasteiger partial charge in [0, 0.05) is 16.6 Å². The van der Waals surface area contributed by atoms with Gasteiger partial charge in [0.15, 0.2) is 0 Å². The summed E-state index contributed by atoms with van der Waals surface area (Å²) in [4.78, 5) is 0. The lowest BCUT2D eigenvalue weighted by Crippen LogP contribution is -2.49.